The van der Waals surface area contributed by atoms with Crippen molar-refractivity contribution >= 4 is 33.2 Å². The molecule has 1 aliphatic rings. The number of aryl methyl sites for hydroxylation is 1. The molecule has 2 aromatic carbocycles. The number of hydrogen-bond donors (Lipinski definition) is 1. The first kappa shape index (κ1) is 21.4. The standard InChI is InChI=1S/C19H18ClF3N2O3S/c1-12-5-4-6-14(18(26)25-9-2-3-10-25)17(12)24-29(27,28)13-7-8-16(20)15(11-13)19(21,22)23/h4-8,11,24H,2-3,9-10H2,1H3. The topological polar surface area (TPSA) is 66.5 Å². The van der Waals surface area contributed by atoms with Crippen molar-refractivity contribution in [1.29, 1.82) is 0 Å². The maximum atomic E-state index is 13.1. The number of hydrogen-bond acceptors (Lipinski definition) is 3. The van der Waals surface area contributed by atoms with E-state index in [-0.39, 0.29) is 17.2 Å². The number of alkyl halides is 3. The number of nitrogens with zero attached hydrogens (tertiary/aromatic N) is 1. The van der Waals surface area contributed by atoms with E-state index in [1.165, 1.54) is 6.07 Å². The quantitative estimate of drug-likeness (QED) is 0.740. The molecule has 10 heteroatoms. The zero-order valence-electron chi connectivity index (χ0n) is 15.4. The molecule has 1 aliphatic heterocycles. The van der Waals surface area contributed by atoms with Crippen molar-refractivity contribution in [2.24, 2.45) is 0 Å². The number of nitrogens with one attached hydrogen (secondary N) is 1. The van der Waals surface area contributed by atoms with Crippen LogP contribution in [0.5, 0.6) is 0 Å². The van der Waals surface area contributed by atoms with Crippen LogP contribution >= 0.6 is 11.6 Å². The summed E-state index contributed by atoms with van der Waals surface area (Å²) >= 11 is 5.57. The summed E-state index contributed by atoms with van der Waals surface area (Å²) in [5.74, 6) is -0.323. The predicted molar refractivity (Wildman–Crippen MR) is 104 cm³/mol. The third-order valence-electron chi connectivity index (χ3n) is 4.69. The smallest absolute Gasteiger partial charge is 0.339 e. The monoisotopic (exact) mass is 446 g/mol. The molecular formula is C19H18ClF3N2O3S. The Morgan fingerprint density at radius 3 is 2.41 bits per heavy atom. The van der Waals surface area contributed by atoms with Gasteiger partial charge in [0.2, 0.25) is 0 Å². The Labute approximate surface area is 171 Å². The molecule has 156 valence electrons. The molecule has 0 aromatic heterocycles. The van der Waals surface area contributed by atoms with Crippen LogP contribution in [0, 0.1) is 6.92 Å². The molecule has 1 fully saturated rings. The number of sulfonamides is 1. The number of anilines is 1. The van der Waals surface area contributed by atoms with Gasteiger partial charge in [0.1, 0.15) is 0 Å². The van der Waals surface area contributed by atoms with E-state index in [1.54, 1.807) is 24.0 Å². The van der Waals surface area contributed by atoms with Crippen LogP contribution in [0.4, 0.5) is 18.9 Å². The van der Waals surface area contributed by atoms with Gasteiger partial charge in [0.25, 0.3) is 15.9 Å². The Morgan fingerprint density at radius 1 is 1.14 bits per heavy atom. The van der Waals surface area contributed by atoms with Crippen molar-refractivity contribution in [3.05, 3.63) is 58.1 Å². The van der Waals surface area contributed by atoms with Gasteiger partial charge in [-0.15, -0.1) is 0 Å². The SMILES string of the molecule is Cc1cccc(C(=O)N2CCCC2)c1NS(=O)(=O)c1ccc(Cl)c(C(F)(F)F)c1. The van der Waals surface area contributed by atoms with Gasteiger partial charge in [-0.3, -0.25) is 9.52 Å². The molecule has 2 aromatic rings. The summed E-state index contributed by atoms with van der Waals surface area (Å²) in [6, 6.07) is 7.08. The van der Waals surface area contributed by atoms with E-state index in [1.807, 2.05) is 0 Å². The normalized spacial score (nSPS) is 14.9. The van der Waals surface area contributed by atoms with Crippen LogP contribution in [0.3, 0.4) is 0 Å². The van der Waals surface area contributed by atoms with Crippen LogP contribution in [0.1, 0.15) is 34.3 Å². The van der Waals surface area contributed by atoms with Gasteiger partial charge in [0.05, 0.1) is 26.7 Å². The van der Waals surface area contributed by atoms with E-state index < -0.39 is 31.7 Å². The lowest BCUT2D eigenvalue weighted by Crippen LogP contribution is -2.29. The van der Waals surface area contributed by atoms with Crippen LogP contribution < -0.4 is 4.72 Å². The molecule has 0 aliphatic carbocycles. The molecule has 0 saturated carbocycles. The fourth-order valence-electron chi connectivity index (χ4n) is 3.15. The molecule has 0 unspecified atom stereocenters. The van der Waals surface area contributed by atoms with Gasteiger partial charge in [-0.1, -0.05) is 23.7 Å². The van der Waals surface area contributed by atoms with Gasteiger partial charge in [0, 0.05) is 13.1 Å². The number of para-hydroxylation sites is 1. The van der Waals surface area contributed by atoms with Crippen molar-refractivity contribution in [1.82, 2.24) is 4.90 Å². The van der Waals surface area contributed by atoms with Crippen LogP contribution in [0.15, 0.2) is 41.3 Å². The molecule has 0 spiro atoms. The van der Waals surface area contributed by atoms with Gasteiger partial charge in [0.15, 0.2) is 0 Å². The lowest BCUT2D eigenvalue weighted by Gasteiger charge is -2.20. The van der Waals surface area contributed by atoms with Crippen LogP contribution in [0.25, 0.3) is 0 Å². The number of amides is 1. The van der Waals surface area contributed by atoms with Gasteiger partial charge in [-0.25, -0.2) is 8.42 Å². The third kappa shape index (κ3) is 4.51. The first-order valence-electron chi connectivity index (χ1n) is 8.79. The van der Waals surface area contributed by atoms with Crippen LogP contribution in [0.2, 0.25) is 5.02 Å². The second-order valence-electron chi connectivity index (χ2n) is 6.74. The van der Waals surface area contributed by atoms with Gasteiger partial charge in [-0.2, -0.15) is 13.2 Å². The minimum absolute atomic E-state index is 0.0490. The Morgan fingerprint density at radius 2 is 1.79 bits per heavy atom. The number of carbonyl (C=O) groups excluding carboxylic acids is 1. The van der Waals surface area contributed by atoms with E-state index >= 15 is 0 Å². The highest BCUT2D eigenvalue weighted by Gasteiger charge is 2.35. The molecular weight excluding hydrogens is 429 g/mol. The van der Waals surface area contributed by atoms with Gasteiger partial charge >= 0.3 is 6.18 Å². The molecule has 3 rings (SSSR count). The van der Waals surface area contributed by atoms with E-state index in [0.717, 1.165) is 25.0 Å². The Hall–Kier alpha value is -2.26. The molecule has 0 bridgehead atoms. The van der Waals surface area contributed by atoms with Crippen molar-refractivity contribution in [3.63, 3.8) is 0 Å². The Bertz CT molecular complexity index is 1050. The van der Waals surface area contributed by atoms with Crippen molar-refractivity contribution in [3.8, 4) is 0 Å². The minimum atomic E-state index is -4.80. The summed E-state index contributed by atoms with van der Waals surface area (Å²) in [5, 5.41) is -0.600. The van der Waals surface area contributed by atoms with E-state index in [4.69, 9.17) is 11.6 Å². The molecule has 1 N–H and O–H groups in total. The summed E-state index contributed by atoms with van der Waals surface area (Å²) < 4.78 is 67.2. The fraction of sp³-hybridized carbons (Fsp3) is 0.316. The molecule has 1 amide bonds. The summed E-state index contributed by atoms with van der Waals surface area (Å²) in [5.41, 5.74) is -0.572. The molecule has 0 atom stereocenters. The zero-order valence-corrected chi connectivity index (χ0v) is 17.0. The molecule has 1 heterocycles. The maximum absolute atomic E-state index is 13.1. The molecule has 29 heavy (non-hydrogen) atoms. The number of likely N-dealkylation sites (tertiary alicyclic amines) is 1. The Balaban J connectivity index is 2.01. The number of carbonyl (C=O) groups is 1. The largest absolute Gasteiger partial charge is 0.417 e. The Kier molecular flexibility index (Phi) is 5.82. The highest BCUT2D eigenvalue weighted by molar-refractivity contribution is 7.92. The molecule has 0 radical (unpaired) electrons. The third-order valence-corrected chi connectivity index (χ3v) is 6.36. The first-order chi connectivity index (χ1) is 13.5. The van der Waals surface area contributed by atoms with Crippen LogP contribution in [-0.4, -0.2) is 32.3 Å². The lowest BCUT2D eigenvalue weighted by atomic mass is 10.1. The van der Waals surface area contributed by atoms with Crippen molar-refractivity contribution in [2.45, 2.75) is 30.8 Å². The van der Waals surface area contributed by atoms with Gasteiger partial charge < -0.3 is 4.90 Å². The number of halogens is 4. The second kappa shape index (κ2) is 7.87. The maximum Gasteiger partial charge on any atom is 0.417 e. The van der Waals surface area contributed by atoms with E-state index in [9.17, 15) is 26.4 Å². The summed E-state index contributed by atoms with van der Waals surface area (Å²) in [4.78, 5) is 13.8. The average Bonchev–Trinajstić information content (AvgIpc) is 3.16. The minimum Gasteiger partial charge on any atom is -0.339 e. The highest BCUT2D eigenvalue weighted by Crippen LogP contribution is 2.36. The van der Waals surface area contributed by atoms with Gasteiger partial charge in [-0.05, 0) is 49.6 Å². The highest BCUT2D eigenvalue weighted by atomic mass is 35.5. The summed E-state index contributed by atoms with van der Waals surface area (Å²) in [6.07, 6.45) is -3.07. The van der Waals surface area contributed by atoms with E-state index in [2.05, 4.69) is 4.72 Å². The lowest BCUT2D eigenvalue weighted by molar-refractivity contribution is -0.137. The zero-order chi connectivity index (χ0) is 21.4. The average molecular weight is 447 g/mol. The first-order valence-corrected chi connectivity index (χ1v) is 10.7. The predicted octanol–water partition coefficient (Wildman–Crippen LogP) is 4.70. The molecule has 5 nitrogen and oxygen atoms in total. The van der Waals surface area contributed by atoms with Crippen molar-refractivity contribution in [2.75, 3.05) is 17.8 Å². The fourth-order valence-corrected chi connectivity index (χ4v) is 4.56. The van der Waals surface area contributed by atoms with Crippen molar-refractivity contribution < 1.29 is 26.4 Å². The summed E-state index contributed by atoms with van der Waals surface area (Å²) in [7, 11) is -4.39. The van der Waals surface area contributed by atoms with Crippen LogP contribution in [-0.2, 0) is 16.2 Å². The van der Waals surface area contributed by atoms with E-state index in [0.29, 0.717) is 24.7 Å². The molecule has 1 saturated heterocycles. The summed E-state index contributed by atoms with van der Waals surface area (Å²) in [6.45, 7) is 2.76. The number of benzene rings is 2. The second-order valence-corrected chi connectivity index (χ2v) is 8.83. The number of rotatable bonds is 4.